The molecule has 0 saturated carbocycles. The van der Waals surface area contributed by atoms with Gasteiger partial charge in [-0.05, 0) is 37.1 Å². The number of carboxylic acid groups (broad SMARTS) is 1. The number of nitrogens with zero attached hydrogens (tertiary/aromatic N) is 1. The zero-order valence-corrected chi connectivity index (χ0v) is 10.6. The van der Waals surface area contributed by atoms with Crippen LogP contribution in [0.2, 0.25) is 5.02 Å². The van der Waals surface area contributed by atoms with E-state index in [2.05, 4.69) is 0 Å². The average molecular weight is 252 g/mol. The van der Waals surface area contributed by atoms with Gasteiger partial charge in [-0.2, -0.15) is 0 Å². The molecule has 90 valence electrons. The third kappa shape index (κ3) is 1.91. The quantitative estimate of drug-likeness (QED) is 0.904. The Bertz CT molecular complexity index is 587. The van der Waals surface area contributed by atoms with Crippen LogP contribution in [0.4, 0.5) is 0 Å². The lowest BCUT2D eigenvalue weighted by atomic mass is 10.1. The topological polar surface area (TPSA) is 42.2 Å². The summed E-state index contributed by atoms with van der Waals surface area (Å²) in [6, 6.07) is 5.50. The molecular formula is C13H14ClNO2. The van der Waals surface area contributed by atoms with Crippen LogP contribution >= 0.6 is 11.6 Å². The summed E-state index contributed by atoms with van der Waals surface area (Å²) >= 11 is 5.95. The van der Waals surface area contributed by atoms with Crippen LogP contribution in [0.15, 0.2) is 18.2 Å². The van der Waals surface area contributed by atoms with Gasteiger partial charge in [-0.25, -0.2) is 4.79 Å². The Balaban J connectivity index is 2.82. The lowest BCUT2D eigenvalue weighted by molar-refractivity contribution is 0.0684. The predicted molar refractivity (Wildman–Crippen MR) is 68.9 cm³/mol. The average Bonchev–Trinajstić information content (AvgIpc) is 2.53. The molecule has 2 aromatic rings. The molecule has 0 aliphatic heterocycles. The van der Waals surface area contributed by atoms with Gasteiger partial charge >= 0.3 is 5.97 Å². The van der Waals surface area contributed by atoms with Gasteiger partial charge in [0.1, 0.15) is 5.69 Å². The normalized spacial score (nSPS) is 11.0. The second-order valence-corrected chi connectivity index (χ2v) is 4.53. The summed E-state index contributed by atoms with van der Waals surface area (Å²) in [5.74, 6) is -0.886. The van der Waals surface area contributed by atoms with Crippen molar-refractivity contribution >= 4 is 28.5 Å². The summed E-state index contributed by atoms with van der Waals surface area (Å²) in [6.07, 6.45) is 0.895. The van der Waals surface area contributed by atoms with Gasteiger partial charge in [-0.15, -0.1) is 0 Å². The van der Waals surface area contributed by atoms with Crippen LogP contribution < -0.4 is 0 Å². The number of rotatable bonds is 3. The van der Waals surface area contributed by atoms with Gasteiger partial charge in [-0.1, -0.05) is 18.5 Å². The van der Waals surface area contributed by atoms with Crippen LogP contribution in [0.3, 0.4) is 0 Å². The van der Waals surface area contributed by atoms with E-state index in [1.807, 2.05) is 30.5 Å². The first-order chi connectivity index (χ1) is 8.06. The van der Waals surface area contributed by atoms with Gasteiger partial charge < -0.3 is 9.67 Å². The van der Waals surface area contributed by atoms with E-state index < -0.39 is 5.97 Å². The second kappa shape index (κ2) is 4.41. The maximum absolute atomic E-state index is 11.3. The molecule has 3 nitrogen and oxygen atoms in total. The standard InChI is InChI=1S/C13H14ClNO2/c1-3-6-15-11-5-4-9(14)7-10(11)8(2)12(15)13(16)17/h4-5,7H,3,6H2,1-2H3,(H,16,17). The molecule has 0 atom stereocenters. The molecule has 1 N–H and O–H groups in total. The fraction of sp³-hybridized carbons (Fsp3) is 0.308. The molecule has 0 aliphatic rings. The van der Waals surface area contributed by atoms with Crippen LogP contribution in [-0.2, 0) is 6.54 Å². The number of benzene rings is 1. The molecule has 1 aromatic heterocycles. The summed E-state index contributed by atoms with van der Waals surface area (Å²) in [4.78, 5) is 11.3. The van der Waals surface area contributed by atoms with Gasteiger partial charge in [-0.3, -0.25) is 0 Å². The van der Waals surface area contributed by atoms with E-state index in [9.17, 15) is 9.90 Å². The lowest BCUT2D eigenvalue weighted by Crippen LogP contribution is -2.09. The predicted octanol–water partition coefficient (Wildman–Crippen LogP) is 3.71. The molecule has 0 amide bonds. The SMILES string of the molecule is CCCn1c(C(=O)O)c(C)c2cc(Cl)ccc21. The van der Waals surface area contributed by atoms with Gasteiger partial charge in [0.2, 0.25) is 0 Å². The monoisotopic (exact) mass is 251 g/mol. The molecule has 17 heavy (non-hydrogen) atoms. The van der Waals surface area contributed by atoms with Crippen LogP contribution in [0.25, 0.3) is 10.9 Å². The number of aryl methyl sites for hydroxylation is 2. The molecule has 0 radical (unpaired) electrons. The Labute approximate surface area is 105 Å². The Morgan fingerprint density at radius 1 is 1.47 bits per heavy atom. The molecule has 0 saturated heterocycles. The minimum Gasteiger partial charge on any atom is -0.477 e. The Morgan fingerprint density at radius 2 is 2.18 bits per heavy atom. The first-order valence-corrected chi connectivity index (χ1v) is 5.95. The van der Waals surface area contributed by atoms with Gasteiger partial charge in [0.25, 0.3) is 0 Å². The van der Waals surface area contributed by atoms with Crippen molar-refractivity contribution in [2.75, 3.05) is 0 Å². The van der Waals surface area contributed by atoms with E-state index in [-0.39, 0.29) is 0 Å². The van der Waals surface area contributed by atoms with Crippen LogP contribution in [0.5, 0.6) is 0 Å². The van der Waals surface area contributed by atoms with E-state index in [0.717, 1.165) is 22.9 Å². The van der Waals surface area contributed by atoms with Crippen molar-refractivity contribution in [1.29, 1.82) is 0 Å². The summed E-state index contributed by atoms with van der Waals surface area (Å²) in [5.41, 5.74) is 2.08. The van der Waals surface area contributed by atoms with Crippen molar-refractivity contribution in [3.8, 4) is 0 Å². The Hall–Kier alpha value is -1.48. The molecule has 0 fully saturated rings. The number of aromatic carboxylic acids is 1. The molecule has 0 unspecified atom stereocenters. The molecule has 4 heteroatoms. The molecule has 0 spiro atoms. The van der Waals surface area contributed by atoms with Crippen LogP contribution in [0.1, 0.15) is 29.4 Å². The number of hydrogen-bond donors (Lipinski definition) is 1. The molecule has 1 aromatic carbocycles. The van der Waals surface area contributed by atoms with E-state index in [0.29, 0.717) is 17.3 Å². The summed E-state index contributed by atoms with van der Waals surface area (Å²) in [6.45, 7) is 4.56. The number of aromatic nitrogens is 1. The maximum atomic E-state index is 11.3. The first-order valence-electron chi connectivity index (χ1n) is 5.58. The highest BCUT2D eigenvalue weighted by Gasteiger charge is 2.18. The van der Waals surface area contributed by atoms with Crippen molar-refractivity contribution < 1.29 is 9.90 Å². The zero-order chi connectivity index (χ0) is 12.6. The van der Waals surface area contributed by atoms with Crippen LogP contribution in [0, 0.1) is 6.92 Å². The molecule has 0 aliphatic carbocycles. The maximum Gasteiger partial charge on any atom is 0.352 e. The van der Waals surface area contributed by atoms with Crippen molar-refractivity contribution in [3.63, 3.8) is 0 Å². The van der Waals surface area contributed by atoms with Gasteiger partial charge in [0.05, 0.1) is 0 Å². The first kappa shape index (κ1) is 12.0. The number of halogens is 1. The van der Waals surface area contributed by atoms with Gasteiger partial charge in [0.15, 0.2) is 0 Å². The largest absolute Gasteiger partial charge is 0.477 e. The number of fused-ring (bicyclic) bond motifs is 1. The fourth-order valence-electron chi connectivity index (χ4n) is 2.23. The highest BCUT2D eigenvalue weighted by atomic mass is 35.5. The highest BCUT2D eigenvalue weighted by molar-refractivity contribution is 6.31. The minimum atomic E-state index is -0.886. The third-order valence-corrected chi connectivity index (χ3v) is 3.16. The van der Waals surface area contributed by atoms with E-state index in [1.165, 1.54) is 0 Å². The second-order valence-electron chi connectivity index (χ2n) is 4.09. The Morgan fingerprint density at radius 3 is 2.76 bits per heavy atom. The zero-order valence-electron chi connectivity index (χ0n) is 9.83. The smallest absolute Gasteiger partial charge is 0.352 e. The molecule has 1 heterocycles. The van der Waals surface area contributed by atoms with Gasteiger partial charge in [0, 0.05) is 22.5 Å². The Kier molecular flexibility index (Phi) is 3.11. The van der Waals surface area contributed by atoms with Crippen molar-refractivity contribution in [3.05, 3.63) is 34.5 Å². The van der Waals surface area contributed by atoms with E-state index in [1.54, 1.807) is 6.07 Å². The molecular weight excluding hydrogens is 238 g/mol. The van der Waals surface area contributed by atoms with Crippen LogP contribution in [-0.4, -0.2) is 15.6 Å². The third-order valence-electron chi connectivity index (χ3n) is 2.93. The van der Waals surface area contributed by atoms with Crippen molar-refractivity contribution in [1.82, 2.24) is 4.57 Å². The number of hydrogen-bond acceptors (Lipinski definition) is 1. The van der Waals surface area contributed by atoms with E-state index in [4.69, 9.17) is 11.6 Å². The van der Waals surface area contributed by atoms with Crippen molar-refractivity contribution in [2.45, 2.75) is 26.8 Å². The summed E-state index contributed by atoms with van der Waals surface area (Å²) < 4.78 is 1.85. The fourth-order valence-corrected chi connectivity index (χ4v) is 2.40. The summed E-state index contributed by atoms with van der Waals surface area (Å²) in [7, 11) is 0. The van der Waals surface area contributed by atoms with E-state index >= 15 is 0 Å². The number of carboxylic acids is 1. The molecule has 0 bridgehead atoms. The molecule has 2 rings (SSSR count). The lowest BCUT2D eigenvalue weighted by Gasteiger charge is -2.06. The number of carbonyl (C=O) groups is 1. The van der Waals surface area contributed by atoms with Crippen molar-refractivity contribution in [2.24, 2.45) is 0 Å². The highest BCUT2D eigenvalue weighted by Crippen LogP contribution is 2.28. The summed E-state index contributed by atoms with van der Waals surface area (Å²) in [5, 5.41) is 10.8. The minimum absolute atomic E-state index is 0.365.